The van der Waals surface area contributed by atoms with Crippen molar-refractivity contribution in [2.45, 2.75) is 37.4 Å². The van der Waals surface area contributed by atoms with Crippen molar-refractivity contribution in [1.82, 2.24) is 4.31 Å². The van der Waals surface area contributed by atoms with Crippen LogP contribution in [0.15, 0.2) is 59.6 Å². The molecule has 0 N–H and O–H groups in total. The van der Waals surface area contributed by atoms with Gasteiger partial charge in [-0.2, -0.15) is 13.2 Å². The number of halogens is 3. The van der Waals surface area contributed by atoms with Crippen molar-refractivity contribution >= 4 is 21.6 Å². The first-order chi connectivity index (χ1) is 14.0. The molecule has 0 aliphatic carbocycles. The van der Waals surface area contributed by atoms with Crippen molar-refractivity contribution in [1.29, 1.82) is 0 Å². The van der Waals surface area contributed by atoms with Crippen LogP contribution in [-0.2, 0) is 25.7 Å². The van der Waals surface area contributed by atoms with Gasteiger partial charge in [0, 0.05) is 12.6 Å². The highest BCUT2D eigenvalue weighted by molar-refractivity contribution is 7.89. The van der Waals surface area contributed by atoms with Crippen molar-refractivity contribution in [3.05, 3.63) is 71.4 Å². The molecule has 1 atom stereocenters. The normalized spacial score (nSPS) is 17.0. The van der Waals surface area contributed by atoms with Crippen LogP contribution in [0.25, 0.3) is 5.57 Å². The number of rotatable bonds is 5. The number of carbonyl (C=O) groups excluding carboxylic acids is 1. The molecule has 0 unspecified atom stereocenters. The lowest BCUT2D eigenvalue weighted by atomic mass is 10.0. The number of sulfonamides is 1. The van der Waals surface area contributed by atoms with E-state index in [-0.39, 0.29) is 17.9 Å². The van der Waals surface area contributed by atoms with Gasteiger partial charge in [-0.3, -0.25) is 4.31 Å². The Kier molecular flexibility index (Phi) is 5.94. The minimum Gasteiger partial charge on any atom is -0.464 e. The van der Waals surface area contributed by atoms with Crippen LogP contribution < -0.4 is 0 Å². The molecule has 9 heteroatoms. The molecule has 0 spiro atoms. The van der Waals surface area contributed by atoms with E-state index in [1.807, 2.05) is 6.92 Å². The van der Waals surface area contributed by atoms with Crippen molar-refractivity contribution < 1.29 is 31.1 Å². The van der Waals surface area contributed by atoms with Gasteiger partial charge < -0.3 is 4.74 Å². The van der Waals surface area contributed by atoms with E-state index in [1.54, 1.807) is 19.1 Å². The smallest absolute Gasteiger partial charge is 0.416 e. The van der Waals surface area contributed by atoms with E-state index < -0.39 is 33.8 Å². The topological polar surface area (TPSA) is 63.7 Å². The highest BCUT2D eigenvalue weighted by Gasteiger charge is 2.40. The molecule has 1 aliphatic heterocycles. The third-order valence-electron chi connectivity index (χ3n) is 4.74. The Bertz CT molecular complexity index is 1060. The standard InChI is InChI=1S/C21H20F3NO4S/c1-3-29-20(26)19-12-16(15-6-8-17(9-7-15)21(22,23)24)13-25(19)30(27,28)18-10-4-14(2)5-11-18/h4-11,13,19H,3,12H2,1-2H3/t19-/m0/s1. The molecule has 2 aromatic rings. The third kappa shape index (κ3) is 4.35. The predicted octanol–water partition coefficient (Wildman–Crippen LogP) is 4.38. The summed E-state index contributed by atoms with van der Waals surface area (Å²) >= 11 is 0. The maximum absolute atomic E-state index is 13.2. The molecule has 5 nitrogen and oxygen atoms in total. The van der Waals surface area contributed by atoms with Crippen molar-refractivity contribution in [2.24, 2.45) is 0 Å². The number of esters is 1. The number of hydrogen-bond donors (Lipinski definition) is 0. The van der Waals surface area contributed by atoms with Crippen molar-refractivity contribution in [3.8, 4) is 0 Å². The van der Waals surface area contributed by atoms with Gasteiger partial charge in [-0.25, -0.2) is 13.2 Å². The average molecular weight is 439 g/mol. The summed E-state index contributed by atoms with van der Waals surface area (Å²) in [5.74, 6) is -0.716. The first-order valence-electron chi connectivity index (χ1n) is 9.19. The number of aryl methyl sites for hydroxylation is 1. The molecular weight excluding hydrogens is 419 g/mol. The molecule has 30 heavy (non-hydrogen) atoms. The van der Waals surface area contributed by atoms with E-state index in [4.69, 9.17) is 4.74 Å². The van der Waals surface area contributed by atoms with E-state index in [2.05, 4.69) is 0 Å². The second-order valence-corrected chi connectivity index (χ2v) is 8.69. The first kappa shape index (κ1) is 21.9. The van der Waals surface area contributed by atoms with Gasteiger partial charge >= 0.3 is 12.1 Å². The van der Waals surface area contributed by atoms with E-state index >= 15 is 0 Å². The molecular formula is C21H20F3NO4S. The molecule has 3 rings (SSSR count). The lowest BCUT2D eigenvalue weighted by Gasteiger charge is -2.23. The summed E-state index contributed by atoms with van der Waals surface area (Å²) in [6.45, 7) is 3.50. The van der Waals surface area contributed by atoms with Crippen LogP contribution in [0.1, 0.15) is 30.0 Å². The summed E-state index contributed by atoms with van der Waals surface area (Å²) in [6.07, 6.45) is -3.19. The summed E-state index contributed by atoms with van der Waals surface area (Å²) in [5.41, 5.74) is 0.894. The Hall–Kier alpha value is -2.81. The molecule has 0 saturated heterocycles. The van der Waals surface area contributed by atoms with E-state index in [0.717, 1.165) is 22.0 Å². The van der Waals surface area contributed by atoms with E-state index in [0.29, 0.717) is 11.1 Å². The zero-order valence-electron chi connectivity index (χ0n) is 16.3. The molecule has 0 aromatic heterocycles. The number of alkyl halides is 3. The lowest BCUT2D eigenvalue weighted by Crippen LogP contribution is -2.39. The van der Waals surface area contributed by atoms with E-state index in [9.17, 15) is 26.4 Å². The van der Waals surface area contributed by atoms with Gasteiger partial charge in [0.25, 0.3) is 10.0 Å². The molecule has 1 heterocycles. The predicted molar refractivity (Wildman–Crippen MR) is 105 cm³/mol. The summed E-state index contributed by atoms with van der Waals surface area (Å²) < 4.78 is 70.7. The van der Waals surface area contributed by atoms with Crippen LogP contribution in [0.3, 0.4) is 0 Å². The monoisotopic (exact) mass is 439 g/mol. The fourth-order valence-corrected chi connectivity index (χ4v) is 4.64. The van der Waals surface area contributed by atoms with Gasteiger partial charge in [-0.1, -0.05) is 29.8 Å². The summed E-state index contributed by atoms with van der Waals surface area (Å²) in [5, 5.41) is 0. The van der Waals surface area contributed by atoms with Gasteiger partial charge in [0.1, 0.15) is 6.04 Å². The van der Waals surface area contributed by atoms with Crippen LogP contribution in [0, 0.1) is 6.92 Å². The first-order valence-corrected chi connectivity index (χ1v) is 10.6. The van der Waals surface area contributed by atoms with Crippen molar-refractivity contribution in [3.63, 3.8) is 0 Å². The second kappa shape index (κ2) is 8.14. The summed E-state index contributed by atoms with van der Waals surface area (Å²) in [4.78, 5) is 12.4. The highest BCUT2D eigenvalue weighted by atomic mass is 32.2. The number of benzene rings is 2. The Balaban J connectivity index is 2.00. The Morgan fingerprint density at radius 2 is 1.70 bits per heavy atom. The van der Waals surface area contributed by atoms with Crippen LogP contribution >= 0.6 is 0 Å². The fraction of sp³-hybridized carbons (Fsp3) is 0.286. The summed E-state index contributed by atoms with van der Waals surface area (Å²) in [6, 6.07) is 9.41. The number of nitrogens with zero attached hydrogens (tertiary/aromatic N) is 1. The molecule has 0 fully saturated rings. The minimum atomic E-state index is -4.48. The van der Waals surface area contributed by atoms with Crippen LogP contribution in [0.4, 0.5) is 13.2 Å². The van der Waals surface area contributed by atoms with Gasteiger partial charge in [0.15, 0.2) is 0 Å². The zero-order valence-corrected chi connectivity index (χ0v) is 17.1. The quantitative estimate of drug-likeness (QED) is 0.649. The molecule has 0 amide bonds. The molecule has 160 valence electrons. The molecule has 0 bridgehead atoms. The number of carbonyl (C=O) groups is 1. The van der Waals surface area contributed by atoms with Crippen LogP contribution in [0.2, 0.25) is 0 Å². The number of ether oxygens (including phenoxy) is 1. The minimum absolute atomic E-state index is 0.00467. The van der Waals surface area contributed by atoms with Crippen LogP contribution in [0.5, 0.6) is 0 Å². The zero-order chi connectivity index (χ0) is 22.1. The Morgan fingerprint density at radius 1 is 1.10 bits per heavy atom. The molecule has 1 aliphatic rings. The van der Waals surface area contributed by atoms with Crippen LogP contribution in [-0.4, -0.2) is 31.3 Å². The van der Waals surface area contributed by atoms with E-state index in [1.165, 1.54) is 30.5 Å². The van der Waals surface area contributed by atoms with Crippen molar-refractivity contribution in [2.75, 3.05) is 6.61 Å². The number of hydrogen-bond acceptors (Lipinski definition) is 4. The molecule has 0 radical (unpaired) electrons. The van der Waals surface area contributed by atoms with Gasteiger partial charge in [0.05, 0.1) is 17.1 Å². The van der Waals surface area contributed by atoms with Gasteiger partial charge in [-0.15, -0.1) is 0 Å². The largest absolute Gasteiger partial charge is 0.464 e. The Morgan fingerprint density at radius 3 is 2.23 bits per heavy atom. The average Bonchev–Trinajstić information content (AvgIpc) is 3.14. The maximum atomic E-state index is 13.2. The maximum Gasteiger partial charge on any atom is 0.416 e. The Labute approximate surface area is 172 Å². The molecule has 0 saturated carbocycles. The lowest BCUT2D eigenvalue weighted by molar-refractivity contribution is -0.146. The third-order valence-corrected chi connectivity index (χ3v) is 6.52. The van der Waals surface area contributed by atoms with Gasteiger partial charge in [0.2, 0.25) is 0 Å². The summed E-state index contributed by atoms with van der Waals surface area (Å²) in [7, 11) is -4.06. The SMILES string of the molecule is CCOC(=O)[C@@H]1CC(c2ccc(C(F)(F)F)cc2)=CN1S(=O)(=O)c1ccc(C)cc1. The molecule has 2 aromatic carbocycles. The second-order valence-electron chi connectivity index (χ2n) is 6.85. The highest BCUT2D eigenvalue weighted by Crippen LogP contribution is 2.36. The van der Waals surface area contributed by atoms with Gasteiger partial charge in [-0.05, 0) is 49.2 Å². The fourth-order valence-electron chi connectivity index (χ4n) is 3.15.